The average molecular weight is 363 g/mol. The summed E-state index contributed by atoms with van der Waals surface area (Å²) in [5.41, 5.74) is 0.459. The summed E-state index contributed by atoms with van der Waals surface area (Å²) in [7, 11) is 1.16. The molecule has 0 N–H and O–H groups in total. The van der Waals surface area contributed by atoms with Crippen molar-refractivity contribution in [1.29, 1.82) is 0 Å². The first-order valence-electron chi connectivity index (χ1n) is 8.21. The van der Waals surface area contributed by atoms with Gasteiger partial charge in [0, 0.05) is 11.3 Å². The molecule has 1 aromatic rings. The minimum absolute atomic E-state index is 0.0569. The van der Waals surface area contributed by atoms with Crippen LogP contribution in [-0.4, -0.2) is 37.1 Å². The number of rotatable bonds is 9. The summed E-state index contributed by atoms with van der Waals surface area (Å²) in [4.78, 5) is 35.6. The van der Waals surface area contributed by atoms with Gasteiger partial charge < -0.3 is 14.2 Å². The van der Waals surface area contributed by atoms with E-state index in [0.29, 0.717) is 23.5 Å². The minimum Gasteiger partial charge on any atom is -0.468 e. The molecule has 0 bridgehead atoms. The molecule has 26 heavy (non-hydrogen) atoms. The van der Waals surface area contributed by atoms with Crippen molar-refractivity contribution >= 4 is 11.8 Å². The maximum atomic E-state index is 12.6. The highest BCUT2D eigenvalue weighted by atomic mass is 16.7. The van der Waals surface area contributed by atoms with E-state index in [2.05, 4.69) is 0 Å². The number of fused-ring (bicyclic) bond motifs is 1. The van der Waals surface area contributed by atoms with Crippen LogP contribution in [-0.2, 0) is 14.3 Å². The number of carbonyl (C=O) groups excluding carboxylic acids is 2. The van der Waals surface area contributed by atoms with Crippen molar-refractivity contribution < 1.29 is 28.7 Å². The number of allylic oxidation sites excluding steroid dienone is 2. The van der Waals surface area contributed by atoms with Crippen molar-refractivity contribution in [3.63, 3.8) is 0 Å². The molecule has 0 aliphatic carbocycles. The Kier molecular flexibility index (Phi) is 6.71. The number of esters is 1. The Morgan fingerprint density at radius 1 is 1.35 bits per heavy atom. The van der Waals surface area contributed by atoms with Gasteiger partial charge in [0.1, 0.15) is 11.7 Å². The molecule has 1 aromatic carbocycles. The summed E-state index contributed by atoms with van der Waals surface area (Å²) < 4.78 is 15.3. The predicted molar refractivity (Wildman–Crippen MR) is 91.7 cm³/mol. The molecule has 0 saturated heterocycles. The molecule has 1 aliphatic rings. The van der Waals surface area contributed by atoms with E-state index in [9.17, 15) is 19.7 Å². The zero-order valence-electron chi connectivity index (χ0n) is 14.7. The molecule has 2 atom stereocenters. The number of ketones is 1. The first-order chi connectivity index (χ1) is 12.5. The smallest absolute Gasteiger partial charge is 0.317 e. The zero-order chi connectivity index (χ0) is 19.1. The molecule has 1 heterocycles. The van der Waals surface area contributed by atoms with Crippen LogP contribution in [0.3, 0.4) is 0 Å². The van der Waals surface area contributed by atoms with Crippen LogP contribution < -0.4 is 9.47 Å². The van der Waals surface area contributed by atoms with Gasteiger partial charge in [-0.15, -0.1) is 0 Å². The van der Waals surface area contributed by atoms with Gasteiger partial charge in [-0.3, -0.25) is 19.7 Å². The topological polar surface area (TPSA) is 105 Å². The monoisotopic (exact) mass is 363 g/mol. The summed E-state index contributed by atoms with van der Waals surface area (Å²) in [6.45, 7) is 1.31. The van der Waals surface area contributed by atoms with Crippen molar-refractivity contribution in [1.82, 2.24) is 0 Å². The van der Waals surface area contributed by atoms with Gasteiger partial charge in [0.2, 0.25) is 13.3 Å². The molecule has 0 saturated carbocycles. The van der Waals surface area contributed by atoms with Crippen LogP contribution in [0.1, 0.15) is 31.2 Å². The van der Waals surface area contributed by atoms with E-state index in [1.54, 1.807) is 30.4 Å². The number of methoxy groups -OCH3 is 1. The quantitative estimate of drug-likeness (QED) is 0.218. The Bertz CT molecular complexity index is 713. The number of hydrogen-bond acceptors (Lipinski definition) is 7. The highest BCUT2D eigenvalue weighted by molar-refractivity contribution is 6.00. The van der Waals surface area contributed by atoms with E-state index in [4.69, 9.17) is 14.2 Å². The first-order valence-corrected chi connectivity index (χ1v) is 8.21. The number of Topliss-reactive ketones (excluding diaryl/α,β-unsaturated/α-hetero) is 1. The maximum Gasteiger partial charge on any atom is 0.317 e. The lowest BCUT2D eigenvalue weighted by Crippen LogP contribution is -2.34. The Morgan fingerprint density at radius 3 is 2.73 bits per heavy atom. The third-order valence-electron chi connectivity index (χ3n) is 4.17. The van der Waals surface area contributed by atoms with Crippen molar-refractivity contribution in [2.24, 2.45) is 5.92 Å². The van der Waals surface area contributed by atoms with Crippen LogP contribution in [0.4, 0.5) is 0 Å². The van der Waals surface area contributed by atoms with Gasteiger partial charge in [0.25, 0.3) is 0 Å². The van der Waals surface area contributed by atoms with Gasteiger partial charge in [0.15, 0.2) is 11.5 Å². The van der Waals surface area contributed by atoms with E-state index < -0.39 is 29.3 Å². The number of hydrogen-bond donors (Lipinski definition) is 0. The SMILES string of the molecule is C/C=C/CCC(=O)C(C(=O)OC)C(C[N+](=O)[O-])c1ccc2c(c1)OCO2. The molecule has 0 fully saturated rings. The maximum absolute atomic E-state index is 12.6. The first kappa shape index (κ1) is 19.4. The lowest BCUT2D eigenvalue weighted by molar-refractivity contribution is -0.484. The summed E-state index contributed by atoms with van der Waals surface area (Å²) in [5.74, 6) is -2.43. The number of nitro groups is 1. The highest BCUT2D eigenvalue weighted by Gasteiger charge is 2.39. The number of nitrogens with zero attached hydrogens (tertiary/aromatic N) is 1. The second kappa shape index (κ2) is 8.98. The van der Waals surface area contributed by atoms with Crippen molar-refractivity contribution in [3.8, 4) is 11.5 Å². The molecule has 8 heteroatoms. The molecule has 2 unspecified atom stereocenters. The minimum atomic E-state index is -1.25. The predicted octanol–water partition coefficient (Wildman–Crippen LogP) is 2.49. The lowest BCUT2D eigenvalue weighted by atomic mass is 9.81. The molecule has 8 nitrogen and oxygen atoms in total. The molecule has 0 aromatic heterocycles. The van der Waals surface area contributed by atoms with Gasteiger partial charge >= 0.3 is 5.97 Å². The Balaban J connectivity index is 2.37. The Morgan fingerprint density at radius 2 is 2.08 bits per heavy atom. The summed E-state index contributed by atoms with van der Waals surface area (Å²) in [6.07, 6.45) is 4.15. The third kappa shape index (κ3) is 4.59. The highest BCUT2D eigenvalue weighted by Crippen LogP contribution is 2.37. The lowest BCUT2D eigenvalue weighted by Gasteiger charge is -2.22. The standard InChI is InChI=1S/C18H21NO7/c1-3-4-5-6-14(20)17(18(21)24-2)13(10-19(22)23)12-7-8-15-16(9-12)26-11-25-15/h3-4,7-9,13,17H,5-6,10-11H2,1-2H3/b4-3+. The molecule has 0 radical (unpaired) electrons. The van der Waals surface area contributed by atoms with Gasteiger partial charge in [-0.1, -0.05) is 18.2 Å². The van der Waals surface area contributed by atoms with E-state index in [1.807, 2.05) is 6.92 Å². The third-order valence-corrected chi connectivity index (χ3v) is 4.17. The fourth-order valence-corrected chi connectivity index (χ4v) is 2.90. The molecule has 140 valence electrons. The van der Waals surface area contributed by atoms with Gasteiger partial charge in [-0.25, -0.2) is 0 Å². The molecular formula is C18H21NO7. The largest absolute Gasteiger partial charge is 0.468 e. The molecular weight excluding hydrogens is 342 g/mol. The van der Waals surface area contributed by atoms with Gasteiger partial charge in [-0.2, -0.15) is 0 Å². The fraction of sp³-hybridized carbons (Fsp3) is 0.444. The average Bonchev–Trinajstić information content (AvgIpc) is 3.08. The van der Waals surface area contributed by atoms with Crippen molar-refractivity contribution in [2.45, 2.75) is 25.7 Å². The summed E-state index contributed by atoms with van der Waals surface area (Å²) in [5, 5.41) is 11.2. The second-order valence-electron chi connectivity index (χ2n) is 5.81. The van der Waals surface area contributed by atoms with Gasteiger partial charge in [0.05, 0.1) is 13.0 Å². The Hall–Kier alpha value is -2.90. The number of ether oxygens (including phenoxy) is 3. The molecule has 2 rings (SSSR count). The molecule has 0 spiro atoms. The van der Waals surface area contributed by atoms with Crippen molar-refractivity contribution in [2.75, 3.05) is 20.4 Å². The van der Waals surface area contributed by atoms with Crippen LogP contribution in [0.5, 0.6) is 11.5 Å². The van der Waals surface area contributed by atoms with Gasteiger partial charge in [-0.05, 0) is 31.0 Å². The van der Waals surface area contributed by atoms with Crippen LogP contribution in [0.25, 0.3) is 0 Å². The zero-order valence-corrected chi connectivity index (χ0v) is 14.7. The second-order valence-corrected chi connectivity index (χ2v) is 5.81. The number of benzene rings is 1. The molecule has 0 amide bonds. The van der Waals surface area contributed by atoms with E-state index in [-0.39, 0.29) is 19.0 Å². The number of carbonyl (C=O) groups is 2. The fourth-order valence-electron chi connectivity index (χ4n) is 2.90. The van der Waals surface area contributed by atoms with Crippen LogP contribution >= 0.6 is 0 Å². The molecule has 1 aliphatic heterocycles. The Labute approximate surface area is 150 Å². The van der Waals surface area contributed by atoms with Crippen molar-refractivity contribution in [3.05, 3.63) is 46.0 Å². The normalized spacial score (nSPS) is 14.8. The van der Waals surface area contributed by atoms with Crippen LogP contribution in [0.15, 0.2) is 30.4 Å². The summed E-state index contributed by atoms with van der Waals surface area (Å²) in [6, 6.07) is 4.80. The van der Waals surface area contributed by atoms with E-state index in [1.165, 1.54) is 0 Å². The van der Waals surface area contributed by atoms with E-state index >= 15 is 0 Å². The van der Waals surface area contributed by atoms with Crippen LogP contribution in [0, 0.1) is 16.0 Å². The van der Waals surface area contributed by atoms with Crippen LogP contribution in [0.2, 0.25) is 0 Å². The van der Waals surface area contributed by atoms with E-state index in [0.717, 1.165) is 7.11 Å². The summed E-state index contributed by atoms with van der Waals surface area (Å²) >= 11 is 0.